The van der Waals surface area contributed by atoms with Gasteiger partial charge in [0.2, 0.25) is 5.91 Å². The van der Waals surface area contributed by atoms with E-state index in [1.54, 1.807) is 0 Å². The van der Waals surface area contributed by atoms with Gasteiger partial charge in [-0.3, -0.25) is 4.79 Å². The van der Waals surface area contributed by atoms with Gasteiger partial charge in [-0.25, -0.2) is 0 Å². The van der Waals surface area contributed by atoms with E-state index >= 15 is 0 Å². The SMILES string of the molecule is O=C1CCN1.[Na]. The second-order valence-electron chi connectivity index (χ2n) is 1.10. The summed E-state index contributed by atoms with van der Waals surface area (Å²) in [6.07, 6.45) is 0.736. The van der Waals surface area contributed by atoms with Crippen molar-refractivity contribution in [1.82, 2.24) is 5.32 Å². The van der Waals surface area contributed by atoms with Crippen LogP contribution in [0.2, 0.25) is 0 Å². The van der Waals surface area contributed by atoms with E-state index in [0.29, 0.717) is 0 Å². The van der Waals surface area contributed by atoms with E-state index in [4.69, 9.17) is 0 Å². The van der Waals surface area contributed by atoms with Gasteiger partial charge in [-0.2, -0.15) is 0 Å². The van der Waals surface area contributed by atoms with E-state index in [-0.39, 0.29) is 35.5 Å². The molecule has 0 aromatic heterocycles. The molecule has 0 unspecified atom stereocenters. The van der Waals surface area contributed by atoms with Crippen LogP contribution in [0.25, 0.3) is 0 Å². The normalized spacial score (nSPS) is 17.0. The van der Waals surface area contributed by atoms with Crippen molar-refractivity contribution in [2.75, 3.05) is 6.54 Å². The third-order valence-corrected chi connectivity index (χ3v) is 0.674. The maximum absolute atomic E-state index is 9.79. The molecule has 1 rings (SSSR count). The fraction of sp³-hybridized carbons (Fsp3) is 0.667. The van der Waals surface area contributed by atoms with Gasteiger partial charge >= 0.3 is 0 Å². The van der Waals surface area contributed by atoms with Crippen LogP contribution < -0.4 is 5.32 Å². The molecule has 0 aromatic rings. The average Bonchev–Trinajstić information content (AvgIpc) is 1.30. The molecule has 1 radical (unpaired) electrons. The van der Waals surface area contributed by atoms with Crippen molar-refractivity contribution < 1.29 is 4.79 Å². The molecule has 3 heteroatoms. The Morgan fingerprint density at radius 2 is 2.00 bits per heavy atom. The predicted molar refractivity (Wildman–Crippen MR) is 23.4 cm³/mol. The summed E-state index contributed by atoms with van der Waals surface area (Å²) in [6, 6.07) is 0. The summed E-state index contributed by atoms with van der Waals surface area (Å²) in [4.78, 5) is 9.79. The average molecular weight is 94.1 g/mol. The molecule has 0 spiro atoms. The zero-order chi connectivity index (χ0) is 3.70. The summed E-state index contributed by atoms with van der Waals surface area (Å²) in [5.74, 6) is 0.185. The van der Waals surface area contributed by atoms with Crippen molar-refractivity contribution in [1.29, 1.82) is 0 Å². The van der Waals surface area contributed by atoms with Crippen LogP contribution in [-0.4, -0.2) is 42.0 Å². The number of hydrogen-bond acceptors (Lipinski definition) is 1. The maximum atomic E-state index is 9.79. The zero-order valence-electron chi connectivity index (χ0n) is 3.82. The van der Waals surface area contributed by atoms with Gasteiger partial charge in [-0.15, -0.1) is 0 Å². The Morgan fingerprint density at radius 3 is 2.00 bits per heavy atom. The van der Waals surface area contributed by atoms with Crippen LogP contribution in [-0.2, 0) is 4.79 Å². The van der Waals surface area contributed by atoms with Crippen molar-refractivity contribution in [3.05, 3.63) is 0 Å². The number of rotatable bonds is 0. The Morgan fingerprint density at radius 1 is 1.67 bits per heavy atom. The standard InChI is InChI=1S/C3H5NO.Na/c5-3-1-2-4-3;/h1-2H2,(H,4,5);. The summed E-state index contributed by atoms with van der Waals surface area (Å²) in [7, 11) is 0. The van der Waals surface area contributed by atoms with E-state index in [1.165, 1.54) is 0 Å². The first kappa shape index (κ1) is 6.47. The van der Waals surface area contributed by atoms with Crippen molar-refractivity contribution in [2.24, 2.45) is 0 Å². The largest absolute Gasteiger partial charge is 0.356 e. The van der Waals surface area contributed by atoms with Gasteiger partial charge in [0.1, 0.15) is 0 Å². The van der Waals surface area contributed by atoms with Gasteiger partial charge in [0.25, 0.3) is 0 Å². The van der Waals surface area contributed by atoms with E-state index in [9.17, 15) is 4.79 Å². The topological polar surface area (TPSA) is 29.1 Å². The first-order valence-corrected chi connectivity index (χ1v) is 1.66. The smallest absolute Gasteiger partial charge is 0.221 e. The second-order valence-corrected chi connectivity index (χ2v) is 1.10. The molecule has 0 saturated carbocycles. The molecular formula is C3H5NNaO. The van der Waals surface area contributed by atoms with Crippen LogP contribution in [0, 0.1) is 0 Å². The fourth-order valence-electron chi connectivity index (χ4n) is 0.227. The molecule has 0 bridgehead atoms. The third-order valence-electron chi connectivity index (χ3n) is 0.674. The molecule has 1 aliphatic rings. The first-order valence-electron chi connectivity index (χ1n) is 1.66. The van der Waals surface area contributed by atoms with Crippen LogP contribution in [0.3, 0.4) is 0 Å². The zero-order valence-corrected chi connectivity index (χ0v) is 5.82. The molecule has 1 N–H and O–H groups in total. The molecular weight excluding hydrogens is 89.0 g/mol. The van der Waals surface area contributed by atoms with E-state index in [1.807, 2.05) is 0 Å². The van der Waals surface area contributed by atoms with Crippen LogP contribution in [0.15, 0.2) is 0 Å². The van der Waals surface area contributed by atoms with Crippen molar-refractivity contribution >= 4 is 35.5 Å². The second kappa shape index (κ2) is 2.61. The van der Waals surface area contributed by atoms with Gasteiger partial charge in [-0.05, 0) is 0 Å². The molecule has 0 aromatic carbocycles. The van der Waals surface area contributed by atoms with Crippen molar-refractivity contribution in [3.63, 3.8) is 0 Å². The summed E-state index contributed by atoms with van der Waals surface area (Å²) >= 11 is 0. The summed E-state index contributed by atoms with van der Waals surface area (Å²) in [6.45, 7) is 0.888. The van der Waals surface area contributed by atoms with Gasteiger partial charge in [0, 0.05) is 42.5 Å². The van der Waals surface area contributed by atoms with Crippen LogP contribution in [0.4, 0.5) is 0 Å². The molecule has 0 atom stereocenters. The molecule has 1 fully saturated rings. The Bertz CT molecular complexity index is 57.8. The monoisotopic (exact) mass is 94.0 g/mol. The number of nitrogens with one attached hydrogen (secondary N) is 1. The molecule has 1 amide bonds. The quantitative estimate of drug-likeness (QED) is 0.306. The molecule has 1 heterocycles. The molecule has 1 aliphatic heterocycles. The number of amides is 1. The molecule has 2 nitrogen and oxygen atoms in total. The number of β-lactam (4-membered cyclic amide) rings is 1. The summed E-state index contributed by atoms with van der Waals surface area (Å²) in [5.41, 5.74) is 0. The predicted octanol–water partition coefficient (Wildman–Crippen LogP) is -0.875. The maximum Gasteiger partial charge on any atom is 0.221 e. The third kappa shape index (κ3) is 1.29. The fourth-order valence-corrected chi connectivity index (χ4v) is 0.227. The Kier molecular flexibility index (Phi) is 2.82. The minimum Gasteiger partial charge on any atom is -0.356 e. The van der Waals surface area contributed by atoms with Crippen LogP contribution in [0.1, 0.15) is 6.42 Å². The Hall–Kier alpha value is 0.470. The number of hydrogen-bond donors (Lipinski definition) is 1. The molecule has 0 aliphatic carbocycles. The van der Waals surface area contributed by atoms with Gasteiger partial charge in [0.15, 0.2) is 0 Å². The van der Waals surface area contributed by atoms with Crippen LogP contribution >= 0.6 is 0 Å². The van der Waals surface area contributed by atoms with Crippen molar-refractivity contribution in [3.8, 4) is 0 Å². The Labute approximate surface area is 58.6 Å². The minimum absolute atomic E-state index is 0. The van der Waals surface area contributed by atoms with Gasteiger partial charge < -0.3 is 5.32 Å². The minimum atomic E-state index is 0. The van der Waals surface area contributed by atoms with E-state index in [0.717, 1.165) is 13.0 Å². The molecule has 6 heavy (non-hydrogen) atoms. The summed E-state index contributed by atoms with van der Waals surface area (Å²) in [5, 5.41) is 2.57. The van der Waals surface area contributed by atoms with Gasteiger partial charge in [0.05, 0.1) is 0 Å². The Balaban J connectivity index is 0.000000250. The van der Waals surface area contributed by atoms with Gasteiger partial charge in [-0.1, -0.05) is 0 Å². The van der Waals surface area contributed by atoms with Crippen LogP contribution in [0.5, 0.6) is 0 Å². The number of carbonyl (C=O) groups is 1. The van der Waals surface area contributed by atoms with E-state index in [2.05, 4.69) is 5.32 Å². The van der Waals surface area contributed by atoms with Crippen molar-refractivity contribution in [2.45, 2.75) is 6.42 Å². The summed E-state index contributed by atoms with van der Waals surface area (Å²) < 4.78 is 0. The molecule has 29 valence electrons. The molecule has 1 saturated heterocycles. The van der Waals surface area contributed by atoms with E-state index < -0.39 is 0 Å². The number of carbonyl (C=O) groups excluding carboxylic acids is 1. The first-order chi connectivity index (χ1) is 2.39.